The molecule has 1 unspecified atom stereocenters. The predicted molar refractivity (Wildman–Crippen MR) is 59.6 cm³/mol. The highest BCUT2D eigenvalue weighted by atomic mass is 19.3. The van der Waals surface area contributed by atoms with Gasteiger partial charge in [0.2, 0.25) is 0 Å². The molecule has 0 amide bonds. The highest BCUT2D eigenvalue weighted by molar-refractivity contribution is 5.24. The number of hydrogen-bond donors (Lipinski definition) is 1. The van der Waals surface area contributed by atoms with E-state index >= 15 is 0 Å². The van der Waals surface area contributed by atoms with E-state index in [1.54, 1.807) is 0 Å². The average molecular weight is 229 g/mol. The highest BCUT2D eigenvalue weighted by Crippen LogP contribution is 2.15. The van der Waals surface area contributed by atoms with Gasteiger partial charge < -0.3 is 10.5 Å². The molecule has 0 heterocycles. The van der Waals surface area contributed by atoms with Crippen LogP contribution in [0.15, 0.2) is 24.3 Å². The summed E-state index contributed by atoms with van der Waals surface area (Å²) in [4.78, 5) is 0. The normalized spacial score (nSPS) is 13.1. The van der Waals surface area contributed by atoms with Gasteiger partial charge in [-0.15, -0.1) is 0 Å². The van der Waals surface area contributed by atoms with Crippen LogP contribution in [0.2, 0.25) is 0 Å². The van der Waals surface area contributed by atoms with Crippen LogP contribution in [-0.4, -0.2) is 19.6 Å². The SMILES string of the molecule is CC(CN)c1ccc(COCC(F)F)cc1. The quantitative estimate of drug-likeness (QED) is 0.813. The number of alkyl halides is 2. The molecule has 16 heavy (non-hydrogen) atoms. The largest absolute Gasteiger partial charge is 0.371 e. The van der Waals surface area contributed by atoms with Crippen molar-refractivity contribution < 1.29 is 13.5 Å². The molecule has 0 aliphatic rings. The van der Waals surface area contributed by atoms with Crippen LogP contribution in [-0.2, 0) is 11.3 Å². The van der Waals surface area contributed by atoms with Crippen LogP contribution >= 0.6 is 0 Å². The van der Waals surface area contributed by atoms with E-state index in [-0.39, 0.29) is 6.61 Å². The van der Waals surface area contributed by atoms with Gasteiger partial charge in [-0.3, -0.25) is 0 Å². The summed E-state index contributed by atoms with van der Waals surface area (Å²) >= 11 is 0. The van der Waals surface area contributed by atoms with Crippen molar-refractivity contribution in [1.82, 2.24) is 0 Å². The Morgan fingerprint density at radius 1 is 1.25 bits per heavy atom. The summed E-state index contributed by atoms with van der Waals surface area (Å²) in [5, 5.41) is 0. The van der Waals surface area contributed by atoms with Crippen molar-refractivity contribution in [3.05, 3.63) is 35.4 Å². The van der Waals surface area contributed by atoms with Gasteiger partial charge in [0.05, 0.1) is 6.61 Å². The highest BCUT2D eigenvalue weighted by Gasteiger charge is 2.04. The Labute approximate surface area is 94.4 Å². The van der Waals surface area contributed by atoms with Crippen molar-refractivity contribution in [1.29, 1.82) is 0 Å². The standard InChI is InChI=1S/C12H17F2NO/c1-9(6-15)11-4-2-10(3-5-11)7-16-8-12(13)14/h2-5,9,12H,6-8,15H2,1H3. The fourth-order valence-electron chi connectivity index (χ4n) is 1.34. The van der Waals surface area contributed by atoms with E-state index in [4.69, 9.17) is 10.5 Å². The topological polar surface area (TPSA) is 35.2 Å². The molecule has 1 aromatic carbocycles. The minimum absolute atomic E-state index is 0.224. The molecule has 1 aromatic rings. The number of halogens is 2. The summed E-state index contributed by atoms with van der Waals surface area (Å²) in [6.45, 7) is 2.35. The Hall–Kier alpha value is -1.00. The van der Waals surface area contributed by atoms with Crippen molar-refractivity contribution in [2.75, 3.05) is 13.2 Å². The third kappa shape index (κ3) is 4.24. The van der Waals surface area contributed by atoms with Crippen LogP contribution in [0.25, 0.3) is 0 Å². The first kappa shape index (κ1) is 13.1. The van der Waals surface area contributed by atoms with E-state index in [1.807, 2.05) is 31.2 Å². The van der Waals surface area contributed by atoms with Gasteiger partial charge >= 0.3 is 0 Å². The first-order chi connectivity index (χ1) is 7.63. The zero-order valence-corrected chi connectivity index (χ0v) is 9.33. The molecule has 0 aliphatic heterocycles. The summed E-state index contributed by atoms with van der Waals surface area (Å²) in [6.07, 6.45) is -2.41. The van der Waals surface area contributed by atoms with E-state index in [9.17, 15) is 8.78 Å². The second kappa shape index (κ2) is 6.55. The van der Waals surface area contributed by atoms with Crippen molar-refractivity contribution >= 4 is 0 Å². The van der Waals surface area contributed by atoms with E-state index < -0.39 is 13.0 Å². The molecular formula is C12H17F2NO. The smallest absolute Gasteiger partial charge is 0.261 e. The fourth-order valence-corrected chi connectivity index (χ4v) is 1.34. The average Bonchev–Trinajstić information content (AvgIpc) is 2.28. The van der Waals surface area contributed by atoms with Gasteiger partial charge in [0.15, 0.2) is 0 Å². The first-order valence-electron chi connectivity index (χ1n) is 5.28. The molecule has 2 N–H and O–H groups in total. The zero-order chi connectivity index (χ0) is 12.0. The molecule has 0 bridgehead atoms. The molecule has 2 nitrogen and oxygen atoms in total. The van der Waals surface area contributed by atoms with Crippen molar-refractivity contribution in [2.45, 2.75) is 25.9 Å². The summed E-state index contributed by atoms with van der Waals surface area (Å²) < 4.78 is 28.5. The van der Waals surface area contributed by atoms with Gasteiger partial charge in [-0.2, -0.15) is 0 Å². The van der Waals surface area contributed by atoms with Gasteiger partial charge in [0.1, 0.15) is 6.61 Å². The van der Waals surface area contributed by atoms with Crippen LogP contribution in [0.1, 0.15) is 24.0 Å². The third-order valence-electron chi connectivity index (χ3n) is 2.41. The van der Waals surface area contributed by atoms with Gasteiger partial charge in [-0.05, 0) is 23.6 Å². The molecular weight excluding hydrogens is 212 g/mol. The maximum atomic E-state index is 11.8. The molecule has 4 heteroatoms. The molecule has 1 rings (SSSR count). The van der Waals surface area contributed by atoms with Gasteiger partial charge in [0, 0.05) is 0 Å². The van der Waals surface area contributed by atoms with Gasteiger partial charge in [-0.1, -0.05) is 31.2 Å². The van der Waals surface area contributed by atoms with E-state index in [2.05, 4.69) is 0 Å². The maximum Gasteiger partial charge on any atom is 0.261 e. The van der Waals surface area contributed by atoms with E-state index in [0.717, 1.165) is 11.1 Å². The Balaban J connectivity index is 2.45. The first-order valence-corrected chi connectivity index (χ1v) is 5.28. The molecule has 90 valence electrons. The van der Waals surface area contributed by atoms with Crippen LogP contribution in [0, 0.1) is 0 Å². The molecule has 0 saturated heterocycles. The number of nitrogens with two attached hydrogens (primary N) is 1. The lowest BCUT2D eigenvalue weighted by atomic mass is 10.0. The fraction of sp³-hybridized carbons (Fsp3) is 0.500. The van der Waals surface area contributed by atoms with E-state index in [0.29, 0.717) is 12.5 Å². The Kier molecular flexibility index (Phi) is 5.35. The monoisotopic (exact) mass is 229 g/mol. The zero-order valence-electron chi connectivity index (χ0n) is 9.33. The second-order valence-corrected chi connectivity index (χ2v) is 3.78. The molecule has 0 saturated carbocycles. The Morgan fingerprint density at radius 3 is 2.38 bits per heavy atom. The summed E-state index contributed by atoms with van der Waals surface area (Å²) in [6, 6.07) is 7.68. The van der Waals surface area contributed by atoms with Crippen LogP contribution in [0.5, 0.6) is 0 Å². The second-order valence-electron chi connectivity index (χ2n) is 3.78. The molecule has 0 radical (unpaired) electrons. The summed E-state index contributed by atoms with van der Waals surface area (Å²) in [5.74, 6) is 0.316. The summed E-state index contributed by atoms with van der Waals surface area (Å²) in [7, 11) is 0. The molecule has 0 aromatic heterocycles. The Bertz CT molecular complexity index is 300. The molecule has 0 aliphatic carbocycles. The number of hydrogen-bond acceptors (Lipinski definition) is 2. The van der Waals surface area contributed by atoms with E-state index in [1.165, 1.54) is 0 Å². The number of benzene rings is 1. The maximum absolute atomic E-state index is 11.8. The Morgan fingerprint density at radius 2 is 1.88 bits per heavy atom. The van der Waals surface area contributed by atoms with Crippen LogP contribution in [0.3, 0.4) is 0 Å². The molecule has 1 atom stereocenters. The lowest BCUT2D eigenvalue weighted by molar-refractivity contribution is 0.00987. The van der Waals surface area contributed by atoms with Crippen molar-refractivity contribution in [3.63, 3.8) is 0 Å². The van der Waals surface area contributed by atoms with Gasteiger partial charge in [-0.25, -0.2) is 8.78 Å². The number of rotatable bonds is 6. The molecule has 0 spiro atoms. The lowest BCUT2D eigenvalue weighted by Gasteiger charge is -2.09. The van der Waals surface area contributed by atoms with Crippen LogP contribution in [0.4, 0.5) is 8.78 Å². The van der Waals surface area contributed by atoms with Crippen LogP contribution < -0.4 is 5.73 Å². The van der Waals surface area contributed by atoms with Gasteiger partial charge in [0.25, 0.3) is 6.43 Å². The van der Waals surface area contributed by atoms with Crippen molar-refractivity contribution in [3.8, 4) is 0 Å². The lowest BCUT2D eigenvalue weighted by Crippen LogP contribution is -2.09. The van der Waals surface area contributed by atoms with Crippen molar-refractivity contribution in [2.24, 2.45) is 5.73 Å². The predicted octanol–water partition coefficient (Wildman–Crippen LogP) is 2.53. The number of ether oxygens (including phenoxy) is 1. The minimum Gasteiger partial charge on any atom is -0.371 e. The molecule has 0 fully saturated rings. The third-order valence-corrected chi connectivity index (χ3v) is 2.41. The minimum atomic E-state index is -2.41. The summed E-state index contributed by atoms with van der Waals surface area (Å²) in [5.41, 5.74) is 7.60.